The Hall–Kier alpha value is -2.18. The van der Waals surface area contributed by atoms with Gasteiger partial charge >= 0.3 is 11.7 Å². The quantitative estimate of drug-likeness (QED) is 0.482. The predicted molar refractivity (Wildman–Crippen MR) is 70.2 cm³/mol. The van der Waals surface area contributed by atoms with E-state index in [1.165, 1.54) is 13.3 Å². The Morgan fingerprint density at radius 3 is 2.79 bits per heavy atom. The molecule has 0 aliphatic heterocycles. The molecule has 0 amide bonds. The first-order chi connectivity index (χ1) is 8.95. The predicted octanol–water partition coefficient (Wildman–Crippen LogP) is 2.23. The number of hydrogen-bond donors (Lipinski definition) is 1. The zero-order valence-electron chi connectivity index (χ0n) is 11.2. The molecule has 1 N–H and O–H groups in total. The Labute approximate surface area is 111 Å². The van der Waals surface area contributed by atoms with Crippen molar-refractivity contribution in [1.82, 2.24) is 4.98 Å². The van der Waals surface area contributed by atoms with Gasteiger partial charge in [0.15, 0.2) is 0 Å². The molecule has 0 bridgehead atoms. The first-order valence-electron chi connectivity index (χ1n) is 5.92. The maximum absolute atomic E-state index is 11.3. The summed E-state index contributed by atoms with van der Waals surface area (Å²) in [5, 5.41) is 13.9. The smallest absolute Gasteiger partial charge is 0.339 e. The zero-order valence-corrected chi connectivity index (χ0v) is 11.2. The number of methoxy groups -OCH3 is 1. The summed E-state index contributed by atoms with van der Waals surface area (Å²) in [6.07, 6.45) is 2.13. The lowest BCUT2D eigenvalue weighted by Crippen LogP contribution is -2.10. The molecule has 0 spiro atoms. The lowest BCUT2D eigenvalue weighted by atomic mass is 10.1. The Morgan fingerprint density at radius 2 is 2.26 bits per heavy atom. The van der Waals surface area contributed by atoms with Crippen molar-refractivity contribution in [1.29, 1.82) is 0 Å². The number of aromatic nitrogens is 1. The van der Waals surface area contributed by atoms with Crippen LogP contribution in [-0.2, 0) is 4.74 Å². The van der Waals surface area contributed by atoms with Crippen LogP contribution in [0.25, 0.3) is 0 Å². The average molecular weight is 267 g/mol. The molecule has 0 radical (unpaired) electrons. The van der Waals surface area contributed by atoms with Gasteiger partial charge in [-0.3, -0.25) is 10.1 Å². The number of carbonyl (C=O) groups excluding carboxylic acids is 1. The molecule has 0 saturated carbocycles. The Morgan fingerprint density at radius 1 is 1.58 bits per heavy atom. The summed E-state index contributed by atoms with van der Waals surface area (Å²) in [6.45, 7) is 4.71. The highest BCUT2D eigenvalue weighted by molar-refractivity contribution is 5.90. The third-order valence-corrected chi connectivity index (χ3v) is 2.50. The highest BCUT2D eigenvalue weighted by Gasteiger charge is 2.19. The Balaban J connectivity index is 2.92. The van der Waals surface area contributed by atoms with Gasteiger partial charge in [0.25, 0.3) is 0 Å². The minimum atomic E-state index is -0.649. The summed E-state index contributed by atoms with van der Waals surface area (Å²) < 4.78 is 4.50. The largest absolute Gasteiger partial charge is 0.465 e. The van der Waals surface area contributed by atoms with Crippen LogP contribution < -0.4 is 5.32 Å². The maximum Gasteiger partial charge on any atom is 0.339 e. The monoisotopic (exact) mass is 267 g/mol. The topological polar surface area (TPSA) is 94.4 Å². The number of anilines is 1. The fraction of sp³-hybridized carbons (Fsp3) is 0.500. The van der Waals surface area contributed by atoms with Crippen LogP contribution in [-0.4, -0.2) is 29.5 Å². The molecule has 104 valence electrons. The number of rotatable bonds is 6. The van der Waals surface area contributed by atoms with Gasteiger partial charge in [0.05, 0.1) is 17.6 Å². The average Bonchev–Trinajstić information content (AvgIpc) is 2.37. The van der Waals surface area contributed by atoms with Crippen LogP contribution in [0, 0.1) is 16.0 Å². The van der Waals surface area contributed by atoms with E-state index in [0.717, 1.165) is 12.5 Å². The number of pyridine rings is 1. The van der Waals surface area contributed by atoms with Gasteiger partial charge in [0.1, 0.15) is 0 Å². The van der Waals surface area contributed by atoms with E-state index in [-0.39, 0.29) is 17.1 Å². The molecule has 0 atom stereocenters. The number of esters is 1. The first-order valence-corrected chi connectivity index (χ1v) is 5.92. The van der Waals surface area contributed by atoms with Crippen molar-refractivity contribution < 1.29 is 14.5 Å². The third-order valence-electron chi connectivity index (χ3n) is 2.50. The molecular formula is C12H17N3O4. The van der Waals surface area contributed by atoms with Gasteiger partial charge in [-0.2, -0.15) is 0 Å². The molecule has 7 heteroatoms. The van der Waals surface area contributed by atoms with E-state index in [1.807, 2.05) is 0 Å². The van der Waals surface area contributed by atoms with Crippen LogP contribution in [0.1, 0.15) is 30.6 Å². The number of ether oxygens (including phenoxy) is 1. The molecule has 0 unspecified atom stereocenters. The van der Waals surface area contributed by atoms with E-state index in [4.69, 9.17) is 0 Å². The van der Waals surface area contributed by atoms with E-state index in [9.17, 15) is 14.9 Å². The van der Waals surface area contributed by atoms with Gasteiger partial charge in [0.2, 0.25) is 5.82 Å². The fourth-order valence-electron chi connectivity index (χ4n) is 1.44. The van der Waals surface area contributed by atoms with Crippen LogP contribution in [0.4, 0.5) is 11.5 Å². The van der Waals surface area contributed by atoms with Crippen molar-refractivity contribution in [3.8, 4) is 0 Å². The molecule has 1 rings (SSSR count). The van der Waals surface area contributed by atoms with Gasteiger partial charge in [0, 0.05) is 18.8 Å². The van der Waals surface area contributed by atoms with Gasteiger partial charge in [-0.1, -0.05) is 13.8 Å². The second-order valence-corrected chi connectivity index (χ2v) is 4.45. The zero-order chi connectivity index (χ0) is 14.4. The molecular weight excluding hydrogens is 250 g/mol. The summed E-state index contributed by atoms with van der Waals surface area (Å²) in [4.78, 5) is 25.6. The number of nitro groups is 1. The van der Waals surface area contributed by atoms with Gasteiger partial charge in [-0.15, -0.1) is 0 Å². The van der Waals surface area contributed by atoms with E-state index < -0.39 is 10.9 Å². The van der Waals surface area contributed by atoms with Crippen LogP contribution in [0.3, 0.4) is 0 Å². The Bertz CT molecular complexity index is 474. The molecule has 1 heterocycles. The molecule has 19 heavy (non-hydrogen) atoms. The van der Waals surface area contributed by atoms with E-state index in [0.29, 0.717) is 12.5 Å². The molecule has 0 saturated heterocycles. The van der Waals surface area contributed by atoms with E-state index in [1.54, 1.807) is 0 Å². The summed E-state index contributed by atoms with van der Waals surface area (Å²) in [7, 11) is 1.21. The number of nitrogens with one attached hydrogen (secondary N) is 1. The first kappa shape index (κ1) is 14.9. The van der Waals surface area contributed by atoms with Crippen molar-refractivity contribution in [2.45, 2.75) is 20.3 Å². The van der Waals surface area contributed by atoms with Crippen LogP contribution in [0.5, 0.6) is 0 Å². The molecule has 1 aromatic rings. The molecule has 0 aliphatic carbocycles. The minimum Gasteiger partial charge on any atom is -0.465 e. The second-order valence-electron chi connectivity index (χ2n) is 4.45. The van der Waals surface area contributed by atoms with Crippen molar-refractivity contribution in [3.63, 3.8) is 0 Å². The van der Waals surface area contributed by atoms with Crippen molar-refractivity contribution in [2.75, 3.05) is 19.0 Å². The highest BCUT2D eigenvalue weighted by atomic mass is 16.6. The van der Waals surface area contributed by atoms with Crippen LogP contribution in [0.15, 0.2) is 12.3 Å². The molecule has 0 fully saturated rings. The van der Waals surface area contributed by atoms with Gasteiger partial charge < -0.3 is 10.1 Å². The number of hydrogen-bond acceptors (Lipinski definition) is 6. The molecule has 7 nitrogen and oxygen atoms in total. The van der Waals surface area contributed by atoms with E-state index in [2.05, 4.69) is 28.9 Å². The number of carbonyl (C=O) groups is 1. The number of nitrogens with zero attached hydrogens (tertiary/aromatic N) is 2. The highest BCUT2D eigenvalue weighted by Crippen LogP contribution is 2.23. The van der Waals surface area contributed by atoms with E-state index >= 15 is 0 Å². The minimum absolute atomic E-state index is 0.0589. The van der Waals surface area contributed by atoms with Crippen LogP contribution >= 0.6 is 0 Å². The fourth-order valence-corrected chi connectivity index (χ4v) is 1.44. The lowest BCUT2D eigenvalue weighted by Gasteiger charge is -2.08. The maximum atomic E-state index is 11.3. The van der Waals surface area contributed by atoms with Gasteiger partial charge in [-0.25, -0.2) is 9.78 Å². The van der Waals surface area contributed by atoms with Crippen LogP contribution in [0.2, 0.25) is 0 Å². The molecule has 0 aromatic carbocycles. The van der Waals surface area contributed by atoms with Gasteiger partial charge in [-0.05, 0) is 12.3 Å². The van der Waals surface area contributed by atoms with Crippen molar-refractivity contribution in [3.05, 3.63) is 27.9 Å². The van der Waals surface area contributed by atoms with Crippen molar-refractivity contribution >= 4 is 17.5 Å². The molecule has 1 aromatic heterocycles. The summed E-state index contributed by atoms with van der Waals surface area (Å²) in [6, 6.07) is 1.16. The normalized spacial score (nSPS) is 10.3. The lowest BCUT2D eigenvalue weighted by molar-refractivity contribution is -0.384. The summed E-state index contributed by atoms with van der Waals surface area (Å²) in [5.41, 5.74) is -0.171. The van der Waals surface area contributed by atoms with Crippen molar-refractivity contribution in [2.24, 2.45) is 5.92 Å². The third kappa shape index (κ3) is 4.20. The Kier molecular flexibility index (Phi) is 5.23. The SMILES string of the molecule is COC(=O)c1cnc(NCCC(C)C)c([N+](=O)[O-])c1. The molecule has 0 aliphatic rings. The second kappa shape index (κ2) is 6.67. The summed E-state index contributed by atoms with van der Waals surface area (Å²) in [5.74, 6) is 0.00327. The standard InChI is InChI=1S/C12H17N3O4/c1-8(2)4-5-13-11-10(15(17)18)6-9(7-14-11)12(16)19-3/h6-8H,4-5H2,1-3H3,(H,13,14). The summed E-state index contributed by atoms with van der Waals surface area (Å²) >= 11 is 0.